The third kappa shape index (κ3) is 3.51. The summed E-state index contributed by atoms with van der Waals surface area (Å²) in [6.45, 7) is 2.78. The standard InChI is InChI=1S/C21H25F3N2O2/c1-13-10-15(2-3-17(13)21(22,23)24)14-5-8-26(9-6-14)19(28)16-11-20(12-16)7-4-18(27)25-20/h2-3,10,14,16H,4-9,11-12H2,1H3,(H,25,27). The zero-order valence-corrected chi connectivity index (χ0v) is 15.9. The number of alkyl halides is 3. The van der Waals surface area contributed by atoms with Crippen LogP contribution < -0.4 is 5.32 Å². The van der Waals surface area contributed by atoms with Gasteiger partial charge >= 0.3 is 6.18 Å². The summed E-state index contributed by atoms with van der Waals surface area (Å²) in [6, 6.07) is 4.39. The van der Waals surface area contributed by atoms with Gasteiger partial charge in [-0.3, -0.25) is 9.59 Å². The highest BCUT2D eigenvalue weighted by Crippen LogP contribution is 2.45. The Balaban J connectivity index is 1.32. The summed E-state index contributed by atoms with van der Waals surface area (Å²) in [4.78, 5) is 26.1. The molecule has 2 heterocycles. The highest BCUT2D eigenvalue weighted by atomic mass is 19.4. The van der Waals surface area contributed by atoms with Crippen molar-refractivity contribution < 1.29 is 22.8 Å². The highest BCUT2D eigenvalue weighted by Gasteiger charge is 2.51. The lowest BCUT2D eigenvalue weighted by molar-refractivity contribution is -0.143. The fourth-order valence-corrected chi connectivity index (χ4v) is 5.09. The van der Waals surface area contributed by atoms with Crippen LogP contribution in [0.2, 0.25) is 0 Å². The van der Waals surface area contributed by atoms with Gasteiger partial charge in [-0.25, -0.2) is 0 Å². The fraction of sp³-hybridized carbons (Fsp3) is 0.619. The van der Waals surface area contributed by atoms with E-state index in [1.807, 2.05) is 4.90 Å². The van der Waals surface area contributed by atoms with Crippen LogP contribution in [-0.4, -0.2) is 35.3 Å². The third-order valence-electron chi connectivity index (χ3n) is 6.69. The van der Waals surface area contributed by atoms with Crippen LogP contribution in [0.25, 0.3) is 0 Å². The molecule has 0 unspecified atom stereocenters. The number of aryl methyl sites for hydroxylation is 1. The molecular formula is C21H25F3N2O2. The van der Waals surface area contributed by atoms with Gasteiger partial charge in [0.15, 0.2) is 0 Å². The number of carbonyl (C=O) groups is 2. The minimum absolute atomic E-state index is 0.0109. The molecule has 3 aliphatic rings. The van der Waals surface area contributed by atoms with Crippen LogP contribution >= 0.6 is 0 Å². The lowest BCUT2D eigenvalue weighted by atomic mass is 9.67. The second kappa shape index (κ2) is 6.78. The van der Waals surface area contributed by atoms with Gasteiger partial charge in [0.1, 0.15) is 0 Å². The van der Waals surface area contributed by atoms with E-state index >= 15 is 0 Å². The molecule has 1 aromatic carbocycles. The van der Waals surface area contributed by atoms with E-state index < -0.39 is 11.7 Å². The Hall–Kier alpha value is -2.05. The van der Waals surface area contributed by atoms with Crippen molar-refractivity contribution in [1.82, 2.24) is 10.2 Å². The van der Waals surface area contributed by atoms with Gasteiger partial charge in [-0.1, -0.05) is 12.1 Å². The number of piperidine rings is 1. The van der Waals surface area contributed by atoms with E-state index in [1.54, 1.807) is 12.1 Å². The summed E-state index contributed by atoms with van der Waals surface area (Å²) < 4.78 is 38.8. The Morgan fingerprint density at radius 2 is 1.89 bits per heavy atom. The zero-order valence-electron chi connectivity index (χ0n) is 15.9. The first kappa shape index (κ1) is 19.3. The van der Waals surface area contributed by atoms with Gasteiger partial charge in [0.05, 0.1) is 5.56 Å². The molecule has 1 saturated carbocycles. The van der Waals surface area contributed by atoms with Crippen LogP contribution in [0.5, 0.6) is 0 Å². The number of likely N-dealkylation sites (tertiary alicyclic amines) is 1. The summed E-state index contributed by atoms with van der Waals surface area (Å²) in [5.74, 6) is 0.419. The lowest BCUT2D eigenvalue weighted by Crippen LogP contribution is -2.57. The van der Waals surface area contributed by atoms with Gasteiger partial charge in [0.25, 0.3) is 0 Å². The van der Waals surface area contributed by atoms with Crippen LogP contribution in [0.4, 0.5) is 13.2 Å². The van der Waals surface area contributed by atoms with Gasteiger partial charge in [-0.05, 0) is 62.1 Å². The summed E-state index contributed by atoms with van der Waals surface area (Å²) in [6.07, 6.45) is 0.0582. The summed E-state index contributed by atoms with van der Waals surface area (Å²) in [7, 11) is 0. The minimum Gasteiger partial charge on any atom is -0.351 e. The molecule has 0 radical (unpaired) electrons. The van der Waals surface area contributed by atoms with Crippen molar-refractivity contribution in [3.63, 3.8) is 0 Å². The molecule has 7 heteroatoms. The maximum atomic E-state index is 12.9. The Labute approximate surface area is 162 Å². The molecule has 0 atom stereocenters. The molecule has 2 saturated heterocycles. The average Bonchev–Trinajstić information content (AvgIpc) is 3.01. The molecular weight excluding hydrogens is 369 g/mol. The van der Waals surface area contributed by atoms with E-state index in [4.69, 9.17) is 0 Å². The first-order valence-corrected chi connectivity index (χ1v) is 9.94. The minimum atomic E-state index is -4.32. The maximum Gasteiger partial charge on any atom is 0.416 e. The number of halogens is 3. The van der Waals surface area contributed by atoms with E-state index in [2.05, 4.69) is 5.32 Å². The summed E-state index contributed by atoms with van der Waals surface area (Å²) in [5.41, 5.74) is 0.450. The highest BCUT2D eigenvalue weighted by molar-refractivity contribution is 5.83. The van der Waals surface area contributed by atoms with E-state index in [9.17, 15) is 22.8 Å². The molecule has 4 rings (SSSR count). The van der Waals surface area contributed by atoms with Crippen molar-refractivity contribution in [3.8, 4) is 0 Å². The van der Waals surface area contributed by atoms with Crippen LogP contribution in [0.15, 0.2) is 18.2 Å². The van der Waals surface area contributed by atoms with Crippen LogP contribution in [0.3, 0.4) is 0 Å². The van der Waals surface area contributed by atoms with E-state index in [0.717, 1.165) is 37.7 Å². The average molecular weight is 394 g/mol. The molecule has 1 spiro atoms. The molecule has 1 N–H and O–H groups in total. The van der Waals surface area contributed by atoms with E-state index in [0.29, 0.717) is 19.5 Å². The van der Waals surface area contributed by atoms with Gasteiger partial charge in [-0.2, -0.15) is 13.2 Å². The number of rotatable bonds is 2. The van der Waals surface area contributed by atoms with Crippen molar-refractivity contribution in [2.75, 3.05) is 13.1 Å². The van der Waals surface area contributed by atoms with Gasteiger partial charge in [0, 0.05) is 31.0 Å². The molecule has 0 bridgehead atoms. The summed E-state index contributed by atoms with van der Waals surface area (Å²) >= 11 is 0. The van der Waals surface area contributed by atoms with Crippen molar-refractivity contribution in [2.45, 2.75) is 63.1 Å². The maximum absolute atomic E-state index is 12.9. The lowest BCUT2D eigenvalue weighted by Gasteiger charge is -2.46. The topological polar surface area (TPSA) is 49.4 Å². The van der Waals surface area contributed by atoms with Crippen LogP contribution in [-0.2, 0) is 15.8 Å². The van der Waals surface area contributed by atoms with Crippen LogP contribution in [0.1, 0.15) is 61.1 Å². The van der Waals surface area contributed by atoms with Crippen molar-refractivity contribution in [1.29, 1.82) is 0 Å². The Bertz CT molecular complexity index is 791. The Morgan fingerprint density at radius 1 is 1.21 bits per heavy atom. The number of hydrogen-bond donors (Lipinski definition) is 1. The van der Waals surface area contributed by atoms with Crippen molar-refractivity contribution >= 4 is 11.8 Å². The largest absolute Gasteiger partial charge is 0.416 e. The quantitative estimate of drug-likeness (QED) is 0.830. The molecule has 4 nitrogen and oxygen atoms in total. The Kier molecular flexibility index (Phi) is 4.67. The molecule has 1 aliphatic carbocycles. The van der Waals surface area contributed by atoms with Crippen molar-refractivity contribution in [3.05, 3.63) is 34.9 Å². The summed E-state index contributed by atoms with van der Waals surface area (Å²) in [5, 5.41) is 3.01. The monoisotopic (exact) mass is 394 g/mol. The van der Waals surface area contributed by atoms with E-state index in [1.165, 1.54) is 13.0 Å². The van der Waals surface area contributed by atoms with Gasteiger partial charge in [-0.15, -0.1) is 0 Å². The normalized spacial score (nSPS) is 28.4. The number of nitrogens with one attached hydrogen (secondary N) is 1. The number of nitrogens with zero attached hydrogens (tertiary/aromatic N) is 1. The molecule has 0 aromatic heterocycles. The molecule has 28 heavy (non-hydrogen) atoms. The Morgan fingerprint density at radius 3 is 2.43 bits per heavy atom. The first-order valence-electron chi connectivity index (χ1n) is 9.94. The molecule has 3 fully saturated rings. The van der Waals surface area contributed by atoms with Gasteiger partial charge in [0.2, 0.25) is 11.8 Å². The smallest absolute Gasteiger partial charge is 0.351 e. The number of hydrogen-bond acceptors (Lipinski definition) is 2. The van der Waals surface area contributed by atoms with Crippen LogP contribution in [0, 0.1) is 12.8 Å². The second-order valence-corrected chi connectivity index (χ2v) is 8.61. The predicted molar refractivity (Wildman–Crippen MR) is 97.6 cm³/mol. The molecule has 2 aliphatic heterocycles. The SMILES string of the molecule is Cc1cc(C2CCN(C(=O)C3CC4(CCC(=O)N4)C3)CC2)ccc1C(F)(F)F. The number of carbonyl (C=O) groups excluding carboxylic acids is 2. The fourth-order valence-electron chi connectivity index (χ4n) is 5.09. The van der Waals surface area contributed by atoms with Crippen molar-refractivity contribution in [2.24, 2.45) is 5.92 Å². The van der Waals surface area contributed by atoms with E-state index in [-0.39, 0.29) is 34.8 Å². The third-order valence-corrected chi connectivity index (χ3v) is 6.69. The number of benzene rings is 1. The molecule has 2 amide bonds. The molecule has 1 aromatic rings. The first-order chi connectivity index (χ1) is 13.2. The predicted octanol–water partition coefficient (Wildman–Crippen LogP) is 3.78. The number of amides is 2. The molecule has 152 valence electrons. The van der Waals surface area contributed by atoms with Gasteiger partial charge < -0.3 is 10.2 Å². The second-order valence-electron chi connectivity index (χ2n) is 8.61. The zero-order chi connectivity index (χ0) is 20.1.